The van der Waals surface area contributed by atoms with Gasteiger partial charge in [0.25, 0.3) is 0 Å². The Bertz CT molecular complexity index is 839. The van der Waals surface area contributed by atoms with Crippen LogP contribution in [-0.2, 0) is 17.6 Å². The lowest BCUT2D eigenvalue weighted by molar-refractivity contribution is -0.116. The Hall–Kier alpha value is -2.59. The van der Waals surface area contributed by atoms with Crippen molar-refractivity contribution in [3.63, 3.8) is 0 Å². The van der Waals surface area contributed by atoms with Gasteiger partial charge in [0.05, 0.1) is 6.20 Å². The maximum absolute atomic E-state index is 12.1. The molecule has 5 heteroatoms. The molecule has 4 nitrogen and oxygen atoms in total. The second-order valence-corrected chi connectivity index (χ2v) is 6.16. The predicted octanol–water partition coefficient (Wildman–Crippen LogP) is 5.13. The van der Waals surface area contributed by atoms with Crippen LogP contribution in [-0.4, -0.2) is 10.9 Å². The van der Waals surface area contributed by atoms with Gasteiger partial charge in [-0.05, 0) is 48.4 Å². The van der Waals surface area contributed by atoms with E-state index in [0.29, 0.717) is 29.5 Å². The minimum Gasteiger partial charge on any atom is -0.441 e. The monoisotopic (exact) mass is 354 g/mol. The minimum atomic E-state index is -0.0597. The lowest BCUT2D eigenvalue weighted by atomic mass is 10.1. The number of halogens is 1. The molecule has 0 aliphatic carbocycles. The molecule has 0 atom stereocenters. The van der Waals surface area contributed by atoms with E-state index in [2.05, 4.69) is 17.2 Å². The fourth-order valence-corrected chi connectivity index (χ4v) is 2.57. The van der Waals surface area contributed by atoms with E-state index in [-0.39, 0.29) is 5.91 Å². The SMILES string of the molecule is CCc1ccc(NC(=O)CCc2ncc(-c3ccc(Cl)cc3)o2)cc1. The van der Waals surface area contributed by atoms with E-state index in [4.69, 9.17) is 16.0 Å². The van der Waals surface area contributed by atoms with Crippen LogP contribution < -0.4 is 5.32 Å². The van der Waals surface area contributed by atoms with E-state index in [1.54, 1.807) is 18.3 Å². The zero-order valence-electron chi connectivity index (χ0n) is 14.0. The van der Waals surface area contributed by atoms with Gasteiger partial charge in [-0.1, -0.05) is 30.7 Å². The smallest absolute Gasteiger partial charge is 0.224 e. The summed E-state index contributed by atoms with van der Waals surface area (Å²) in [7, 11) is 0. The predicted molar refractivity (Wildman–Crippen MR) is 99.7 cm³/mol. The summed E-state index contributed by atoms with van der Waals surface area (Å²) in [5, 5.41) is 3.56. The standard InChI is InChI=1S/C20H19ClN2O2/c1-2-14-3-9-17(10-4-14)23-19(24)11-12-20-22-13-18(25-20)15-5-7-16(21)8-6-15/h3-10,13H,2,11-12H2,1H3,(H,23,24). The van der Waals surface area contributed by atoms with E-state index in [9.17, 15) is 4.79 Å². The van der Waals surface area contributed by atoms with Crippen molar-refractivity contribution in [3.05, 3.63) is 71.2 Å². The maximum Gasteiger partial charge on any atom is 0.224 e. The van der Waals surface area contributed by atoms with Gasteiger partial charge in [0, 0.05) is 29.1 Å². The molecule has 3 rings (SSSR count). The lowest BCUT2D eigenvalue weighted by Gasteiger charge is -2.05. The summed E-state index contributed by atoms with van der Waals surface area (Å²) in [6.07, 6.45) is 3.41. The Morgan fingerprint density at radius 3 is 2.52 bits per heavy atom. The summed E-state index contributed by atoms with van der Waals surface area (Å²) >= 11 is 5.88. The molecule has 3 aromatic rings. The molecule has 1 heterocycles. The number of nitrogens with zero attached hydrogens (tertiary/aromatic N) is 1. The van der Waals surface area contributed by atoms with Gasteiger partial charge in [0.2, 0.25) is 5.91 Å². The fraction of sp³-hybridized carbons (Fsp3) is 0.200. The summed E-state index contributed by atoms with van der Waals surface area (Å²) in [5.41, 5.74) is 2.95. The van der Waals surface area contributed by atoms with Crippen LogP contribution in [0.25, 0.3) is 11.3 Å². The third-order valence-corrected chi connectivity index (χ3v) is 4.15. The average molecular weight is 355 g/mol. The topological polar surface area (TPSA) is 55.1 Å². The first-order valence-corrected chi connectivity index (χ1v) is 8.61. The molecule has 25 heavy (non-hydrogen) atoms. The normalized spacial score (nSPS) is 10.6. The summed E-state index contributed by atoms with van der Waals surface area (Å²) in [5.74, 6) is 1.15. The van der Waals surface area contributed by atoms with E-state index < -0.39 is 0 Å². The van der Waals surface area contributed by atoms with Gasteiger partial charge < -0.3 is 9.73 Å². The summed E-state index contributed by atoms with van der Waals surface area (Å²) in [6.45, 7) is 2.10. The largest absolute Gasteiger partial charge is 0.441 e. The average Bonchev–Trinajstić information content (AvgIpc) is 3.10. The summed E-state index contributed by atoms with van der Waals surface area (Å²) in [6, 6.07) is 15.2. The van der Waals surface area contributed by atoms with Gasteiger partial charge in [-0.15, -0.1) is 0 Å². The highest BCUT2D eigenvalue weighted by Gasteiger charge is 2.09. The van der Waals surface area contributed by atoms with Crippen molar-refractivity contribution < 1.29 is 9.21 Å². The fourth-order valence-electron chi connectivity index (χ4n) is 2.44. The van der Waals surface area contributed by atoms with Crippen LogP contribution in [0, 0.1) is 0 Å². The van der Waals surface area contributed by atoms with Crippen molar-refractivity contribution in [2.75, 3.05) is 5.32 Å². The number of oxazole rings is 1. The number of carbonyl (C=O) groups excluding carboxylic acids is 1. The number of carbonyl (C=O) groups is 1. The first kappa shape index (κ1) is 17.2. The number of aryl methyl sites for hydroxylation is 2. The third kappa shape index (κ3) is 4.70. The number of nitrogens with one attached hydrogen (secondary N) is 1. The van der Waals surface area contributed by atoms with E-state index in [1.807, 2.05) is 36.4 Å². The molecule has 1 amide bonds. The first-order valence-electron chi connectivity index (χ1n) is 8.23. The molecule has 0 saturated carbocycles. The van der Waals surface area contributed by atoms with Crippen LogP contribution in [0.1, 0.15) is 24.8 Å². The molecule has 0 bridgehead atoms. The minimum absolute atomic E-state index is 0.0597. The molecule has 0 saturated heterocycles. The van der Waals surface area contributed by atoms with Gasteiger partial charge in [-0.25, -0.2) is 4.98 Å². The number of anilines is 1. The number of hydrogen-bond donors (Lipinski definition) is 1. The zero-order chi connectivity index (χ0) is 17.6. The van der Waals surface area contributed by atoms with Crippen molar-refractivity contribution in [2.45, 2.75) is 26.2 Å². The molecule has 2 aromatic carbocycles. The van der Waals surface area contributed by atoms with Crippen molar-refractivity contribution in [1.82, 2.24) is 4.98 Å². The second-order valence-electron chi connectivity index (χ2n) is 5.72. The van der Waals surface area contributed by atoms with E-state index in [0.717, 1.165) is 17.7 Å². The van der Waals surface area contributed by atoms with Crippen LogP contribution in [0.5, 0.6) is 0 Å². The van der Waals surface area contributed by atoms with Crippen LogP contribution in [0.15, 0.2) is 59.1 Å². The highest BCUT2D eigenvalue weighted by molar-refractivity contribution is 6.30. The van der Waals surface area contributed by atoms with Crippen LogP contribution >= 0.6 is 11.6 Å². The van der Waals surface area contributed by atoms with E-state index >= 15 is 0 Å². The Morgan fingerprint density at radius 2 is 1.84 bits per heavy atom. The molecule has 0 aliphatic heterocycles. The highest BCUT2D eigenvalue weighted by Crippen LogP contribution is 2.22. The maximum atomic E-state index is 12.1. The quantitative estimate of drug-likeness (QED) is 0.667. The Morgan fingerprint density at radius 1 is 1.12 bits per heavy atom. The molecule has 1 N–H and O–H groups in total. The summed E-state index contributed by atoms with van der Waals surface area (Å²) < 4.78 is 5.71. The molecule has 0 unspecified atom stereocenters. The number of rotatable bonds is 6. The molecular weight excluding hydrogens is 336 g/mol. The Labute approximate surface area is 151 Å². The number of aromatic nitrogens is 1. The lowest BCUT2D eigenvalue weighted by Crippen LogP contribution is -2.12. The molecule has 0 aliphatic rings. The van der Waals surface area contributed by atoms with Gasteiger partial charge >= 0.3 is 0 Å². The van der Waals surface area contributed by atoms with Gasteiger partial charge in [0.15, 0.2) is 11.7 Å². The van der Waals surface area contributed by atoms with Gasteiger partial charge in [-0.2, -0.15) is 0 Å². The summed E-state index contributed by atoms with van der Waals surface area (Å²) in [4.78, 5) is 16.3. The van der Waals surface area contributed by atoms with Gasteiger partial charge in [0.1, 0.15) is 0 Å². The van der Waals surface area contributed by atoms with Crippen LogP contribution in [0.2, 0.25) is 5.02 Å². The highest BCUT2D eigenvalue weighted by atomic mass is 35.5. The molecule has 0 radical (unpaired) electrons. The number of benzene rings is 2. The van der Waals surface area contributed by atoms with Crippen molar-refractivity contribution in [2.24, 2.45) is 0 Å². The van der Waals surface area contributed by atoms with Crippen molar-refractivity contribution in [3.8, 4) is 11.3 Å². The first-order chi connectivity index (χ1) is 12.1. The molecule has 0 spiro atoms. The van der Waals surface area contributed by atoms with Gasteiger partial charge in [-0.3, -0.25) is 4.79 Å². The molecule has 128 valence electrons. The molecule has 0 fully saturated rings. The second kappa shape index (κ2) is 7.99. The van der Waals surface area contributed by atoms with Crippen LogP contribution in [0.4, 0.5) is 5.69 Å². The number of hydrogen-bond acceptors (Lipinski definition) is 3. The van der Waals surface area contributed by atoms with E-state index in [1.165, 1.54) is 5.56 Å². The Balaban J connectivity index is 1.54. The third-order valence-electron chi connectivity index (χ3n) is 3.89. The van der Waals surface area contributed by atoms with Crippen molar-refractivity contribution in [1.29, 1.82) is 0 Å². The molecular formula is C20H19ClN2O2. The van der Waals surface area contributed by atoms with Crippen LogP contribution in [0.3, 0.4) is 0 Å². The van der Waals surface area contributed by atoms with Crippen molar-refractivity contribution >= 4 is 23.2 Å². The Kier molecular flexibility index (Phi) is 5.51. The zero-order valence-corrected chi connectivity index (χ0v) is 14.7. The number of amides is 1. The molecule has 1 aromatic heterocycles.